The maximum atomic E-state index is 12.7. The van der Waals surface area contributed by atoms with Crippen molar-refractivity contribution in [2.75, 3.05) is 11.9 Å². The number of anilines is 1. The number of aliphatic hydroxyl groups excluding tert-OH is 1. The number of nitrogens with one attached hydrogen (secondary N) is 2. The van der Waals surface area contributed by atoms with Gasteiger partial charge in [0.25, 0.3) is 5.56 Å². The predicted octanol–water partition coefficient (Wildman–Crippen LogP) is 4.08. The average molecular weight is 478 g/mol. The van der Waals surface area contributed by atoms with E-state index >= 15 is 0 Å². The fourth-order valence-corrected chi connectivity index (χ4v) is 11.5. The maximum absolute atomic E-state index is 12.7. The Morgan fingerprint density at radius 2 is 1.79 bits per heavy atom. The molecule has 0 unspecified atom stereocenters. The molecule has 2 aliphatic rings. The molecule has 2 bridgehead atoms. The molecule has 0 spiro atoms. The third-order valence-corrected chi connectivity index (χ3v) is 13.4. The Morgan fingerprint density at radius 3 is 2.36 bits per heavy atom. The van der Waals surface area contributed by atoms with Gasteiger partial charge in [-0.3, -0.25) is 14.3 Å². The monoisotopic (exact) mass is 477 g/mol. The number of hydrogen-bond acceptors (Lipinski definition) is 7. The number of nitrogens with zero attached hydrogens (tertiary/aromatic N) is 3. The Labute approximate surface area is 196 Å². The summed E-state index contributed by atoms with van der Waals surface area (Å²) in [5.41, 5.74) is 1.63. The molecule has 33 heavy (non-hydrogen) atoms. The molecule has 3 N–H and O–H groups in total. The topological polar surface area (TPSA) is 114 Å². The van der Waals surface area contributed by atoms with Gasteiger partial charge < -0.3 is 19.6 Å². The zero-order valence-corrected chi connectivity index (χ0v) is 22.0. The van der Waals surface area contributed by atoms with E-state index in [0.29, 0.717) is 52.9 Å². The summed E-state index contributed by atoms with van der Waals surface area (Å²) in [4.78, 5) is 24.6. The van der Waals surface area contributed by atoms with Gasteiger partial charge in [-0.05, 0) is 22.5 Å². The Kier molecular flexibility index (Phi) is 6.49. The third kappa shape index (κ3) is 3.94. The minimum atomic E-state index is -2.16. The summed E-state index contributed by atoms with van der Waals surface area (Å²) >= 11 is 0. The lowest BCUT2D eigenvalue weighted by Crippen LogP contribution is -2.52. The van der Waals surface area contributed by atoms with Crippen molar-refractivity contribution in [1.29, 1.82) is 0 Å². The lowest BCUT2D eigenvalue weighted by atomic mass is 10.1. The second kappa shape index (κ2) is 8.79. The molecule has 0 amide bonds. The van der Waals surface area contributed by atoms with E-state index < -0.39 is 20.5 Å². The van der Waals surface area contributed by atoms with Gasteiger partial charge in [0.05, 0.1) is 6.10 Å². The van der Waals surface area contributed by atoms with E-state index in [1.807, 2.05) is 0 Å². The van der Waals surface area contributed by atoms with Crippen LogP contribution in [0.4, 0.5) is 5.95 Å². The van der Waals surface area contributed by atoms with Crippen LogP contribution in [-0.4, -0.2) is 51.7 Å². The quantitative estimate of drug-likeness (QED) is 0.491. The van der Waals surface area contributed by atoms with Crippen LogP contribution < -0.4 is 10.9 Å². The van der Waals surface area contributed by atoms with E-state index in [-0.39, 0.29) is 23.4 Å². The van der Waals surface area contributed by atoms with Gasteiger partial charge in [-0.25, -0.2) is 4.98 Å². The van der Waals surface area contributed by atoms with Gasteiger partial charge in [-0.15, -0.1) is 0 Å². The van der Waals surface area contributed by atoms with Crippen LogP contribution in [0.2, 0.25) is 16.6 Å². The Balaban J connectivity index is 1.70. The summed E-state index contributed by atoms with van der Waals surface area (Å²) in [6.45, 7) is 18.4. The van der Waals surface area contributed by atoms with Crippen molar-refractivity contribution in [1.82, 2.24) is 19.5 Å². The van der Waals surface area contributed by atoms with Crippen molar-refractivity contribution in [2.45, 2.75) is 103 Å². The zero-order chi connectivity index (χ0) is 24.2. The number of aromatic nitrogens is 4. The van der Waals surface area contributed by atoms with Crippen LogP contribution in [-0.2, 0) is 9.16 Å². The molecule has 0 aliphatic carbocycles. The highest BCUT2D eigenvalue weighted by atomic mass is 28.4. The van der Waals surface area contributed by atoms with Crippen molar-refractivity contribution in [2.24, 2.45) is 5.92 Å². The summed E-state index contributed by atoms with van der Waals surface area (Å²) in [6.07, 6.45) is -1.47. The van der Waals surface area contributed by atoms with Gasteiger partial charge in [-0.2, -0.15) is 4.98 Å². The number of imidazole rings is 1. The first-order chi connectivity index (χ1) is 15.5. The van der Waals surface area contributed by atoms with E-state index in [2.05, 4.69) is 75.7 Å². The number of rotatable bonds is 8. The van der Waals surface area contributed by atoms with Crippen LogP contribution in [0.25, 0.3) is 11.2 Å². The summed E-state index contributed by atoms with van der Waals surface area (Å²) in [5, 5.41) is 14.4. The largest absolute Gasteiger partial charge is 0.410 e. The molecule has 1 fully saturated rings. The fraction of sp³-hybridized carbons (Fsp3) is 0.783. The first-order valence-corrected chi connectivity index (χ1v) is 14.4. The molecule has 2 aromatic heterocycles. The molecule has 0 saturated carbocycles. The van der Waals surface area contributed by atoms with Crippen LogP contribution in [0, 0.1) is 5.92 Å². The predicted molar refractivity (Wildman–Crippen MR) is 131 cm³/mol. The minimum absolute atomic E-state index is 0.221. The molecular formula is C23H39N5O4Si. The number of fused-ring (bicyclic) bond motifs is 6. The number of H-pyrrole nitrogens is 1. The second-order valence-electron chi connectivity index (χ2n) is 10.9. The Morgan fingerprint density at radius 1 is 1.15 bits per heavy atom. The van der Waals surface area contributed by atoms with Crippen LogP contribution in [0.1, 0.15) is 80.0 Å². The molecule has 4 atom stereocenters. The fourth-order valence-electron chi connectivity index (χ4n) is 5.91. The summed E-state index contributed by atoms with van der Waals surface area (Å²) in [6, 6.07) is 0. The molecule has 4 rings (SSSR count). The highest BCUT2D eigenvalue weighted by molar-refractivity contribution is 6.77. The minimum Gasteiger partial charge on any atom is -0.410 e. The summed E-state index contributed by atoms with van der Waals surface area (Å²) in [7, 11) is -2.16. The number of aliphatic hydroxyl groups is 1. The van der Waals surface area contributed by atoms with Crippen molar-refractivity contribution >= 4 is 25.4 Å². The van der Waals surface area contributed by atoms with Gasteiger partial charge in [0.15, 0.2) is 11.2 Å². The SMILES string of the molecule is CC(C)CNc1nc2c(nc3n2[C@H]2C[C@H](O[Si](C(C)C)(C(C)C)C(C)C)[C@H](O2)[C@H]3O)c(=O)[nH]1. The molecule has 2 aromatic rings. The maximum Gasteiger partial charge on any atom is 0.280 e. The molecule has 4 heterocycles. The zero-order valence-electron chi connectivity index (χ0n) is 21.0. The Hall–Kier alpha value is -1.75. The van der Waals surface area contributed by atoms with Crippen LogP contribution in [0.3, 0.4) is 0 Å². The van der Waals surface area contributed by atoms with Crippen LogP contribution in [0.5, 0.6) is 0 Å². The average Bonchev–Trinajstić information content (AvgIpc) is 3.28. The van der Waals surface area contributed by atoms with Crippen molar-refractivity contribution in [3.8, 4) is 0 Å². The van der Waals surface area contributed by atoms with Crippen molar-refractivity contribution in [3.63, 3.8) is 0 Å². The lowest BCUT2D eigenvalue weighted by molar-refractivity contribution is -0.109. The summed E-state index contributed by atoms with van der Waals surface area (Å²) < 4.78 is 15.1. The van der Waals surface area contributed by atoms with Crippen molar-refractivity contribution in [3.05, 3.63) is 16.2 Å². The molecule has 9 nitrogen and oxygen atoms in total. The van der Waals surface area contributed by atoms with Gasteiger partial charge in [-0.1, -0.05) is 55.4 Å². The van der Waals surface area contributed by atoms with Crippen LogP contribution >= 0.6 is 0 Å². The molecule has 1 saturated heterocycles. The molecular weight excluding hydrogens is 438 g/mol. The molecule has 10 heteroatoms. The first-order valence-electron chi connectivity index (χ1n) is 12.2. The molecule has 0 aromatic carbocycles. The second-order valence-corrected chi connectivity index (χ2v) is 16.3. The number of aromatic amines is 1. The first kappa shape index (κ1) is 24.4. The molecule has 0 radical (unpaired) electrons. The van der Waals surface area contributed by atoms with Crippen molar-refractivity contribution < 1.29 is 14.3 Å². The highest BCUT2D eigenvalue weighted by Gasteiger charge is 2.54. The van der Waals surface area contributed by atoms with Gasteiger partial charge in [0.2, 0.25) is 14.3 Å². The van der Waals surface area contributed by atoms with Gasteiger partial charge in [0, 0.05) is 13.0 Å². The molecule has 2 aliphatic heterocycles. The molecule has 184 valence electrons. The number of hydrogen-bond donors (Lipinski definition) is 3. The standard InChI is InChI=1S/C23H39N5O4Si/c1-11(2)10-24-23-26-20-17(22(30)27-23)25-21-18(29)19-15(9-16(31-19)28(20)21)32-33(12(3)4,13(5)6)14(7)8/h11-16,18-19,29H,9-10H2,1-8H3,(H2,24,26,27,30)/t15-,16+,18+,19-/m0/s1. The highest BCUT2D eigenvalue weighted by Crippen LogP contribution is 2.49. The third-order valence-electron chi connectivity index (χ3n) is 7.30. The van der Waals surface area contributed by atoms with Gasteiger partial charge >= 0.3 is 0 Å². The van der Waals surface area contributed by atoms with E-state index in [9.17, 15) is 9.90 Å². The van der Waals surface area contributed by atoms with Crippen LogP contribution in [0.15, 0.2) is 4.79 Å². The van der Waals surface area contributed by atoms with E-state index in [1.54, 1.807) is 4.57 Å². The normalized spacial score (nSPS) is 25.1. The van der Waals surface area contributed by atoms with Gasteiger partial charge in [0.1, 0.15) is 24.3 Å². The smallest absolute Gasteiger partial charge is 0.280 e. The van der Waals surface area contributed by atoms with E-state index in [0.717, 1.165) is 0 Å². The lowest BCUT2D eigenvalue weighted by Gasteiger charge is -2.44. The van der Waals surface area contributed by atoms with E-state index in [1.165, 1.54) is 0 Å². The Bertz CT molecular complexity index is 1040. The summed E-state index contributed by atoms with van der Waals surface area (Å²) in [5.74, 6) is 1.23. The number of ether oxygens (including phenoxy) is 1. The van der Waals surface area contributed by atoms with E-state index in [4.69, 9.17) is 9.16 Å².